The number of carbonyl (C=O) groups excluding carboxylic acids is 2. The summed E-state index contributed by atoms with van der Waals surface area (Å²) >= 11 is 12.4. The van der Waals surface area contributed by atoms with Crippen LogP contribution < -0.4 is 5.32 Å². The van der Waals surface area contributed by atoms with Gasteiger partial charge in [-0.15, -0.1) is 0 Å². The summed E-state index contributed by atoms with van der Waals surface area (Å²) in [5.41, 5.74) is -0.0246. The summed E-state index contributed by atoms with van der Waals surface area (Å²) < 4.78 is 4.81. The average molecular weight is 431 g/mol. The summed E-state index contributed by atoms with van der Waals surface area (Å²) in [6.45, 7) is 2.71. The monoisotopic (exact) mass is 430 g/mol. The summed E-state index contributed by atoms with van der Waals surface area (Å²) in [7, 11) is 1.19. The first kappa shape index (κ1) is 20.6. The van der Waals surface area contributed by atoms with Crippen LogP contribution in [0.25, 0.3) is 11.0 Å². The van der Waals surface area contributed by atoms with Crippen molar-refractivity contribution >= 4 is 57.6 Å². The third kappa shape index (κ3) is 3.41. The lowest BCUT2D eigenvalue weighted by Gasteiger charge is -2.25. The third-order valence-electron chi connectivity index (χ3n) is 4.81. The molecule has 2 N–H and O–H groups in total. The number of hydrogen-bond acceptors (Lipinski definition) is 6. The largest absolute Gasteiger partial charge is 0.468 e. The van der Waals surface area contributed by atoms with Gasteiger partial charge in [-0.25, -0.2) is 4.98 Å². The van der Waals surface area contributed by atoms with E-state index >= 15 is 0 Å². The number of nitrogens with one attached hydrogen (secondary N) is 2. The second-order valence-electron chi connectivity index (χ2n) is 6.48. The van der Waals surface area contributed by atoms with E-state index in [1.807, 2.05) is 0 Å². The van der Waals surface area contributed by atoms with Crippen LogP contribution in [0.2, 0.25) is 10.0 Å². The SMILES string of the molecule is COC(=O)C(C)(C(C)=O)c1ccc2[nH]c(Nc3c(Cl)cccc3Cl)nc2c1C#N. The molecule has 148 valence electrons. The smallest absolute Gasteiger partial charge is 0.323 e. The van der Waals surface area contributed by atoms with Gasteiger partial charge in [0.2, 0.25) is 5.95 Å². The number of H-pyrrole nitrogens is 1. The van der Waals surface area contributed by atoms with Crippen LogP contribution in [0.15, 0.2) is 30.3 Å². The minimum atomic E-state index is -1.63. The van der Waals surface area contributed by atoms with E-state index in [2.05, 4.69) is 21.4 Å². The van der Waals surface area contributed by atoms with Crippen LogP contribution in [0.3, 0.4) is 0 Å². The number of aromatic amines is 1. The summed E-state index contributed by atoms with van der Waals surface area (Å²) in [5, 5.41) is 13.6. The second-order valence-corrected chi connectivity index (χ2v) is 7.29. The van der Waals surface area contributed by atoms with Crippen molar-refractivity contribution in [3.05, 3.63) is 51.5 Å². The molecule has 0 aliphatic carbocycles. The van der Waals surface area contributed by atoms with Crippen LogP contribution >= 0.6 is 23.2 Å². The molecule has 1 aromatic heterocycles. The van der Waals surface area contributed by atoms with Crippen molar-refractivity contribution in [2.75, 3.05) is 12.4 Å². The first-order chi connectivity index (χ1) is 13.7. The maximum atomic E-state index is 12.4. The van der Waals surface area contributed by atoms with Crippen molar-refractivity contribution < 1.29 is 14.3 Å². The number of hydrogen-bond donors (Lipinski definition) is 2. The number of carbonyl (C=O) groups is 2. The Morgan fingerprint density at radius 3 is 2.45 bits per heavy atom. The lowest BCUT2D eigenvalue weighted by Crippen LogP contribution is -2.41. The van der Waals surface area contributed by atoms with Crippen molar-refractivity contribution in [1.29, 1.82) is 5.26 Å². The van der Waals surface area contributed by atoms with Crippen molar-refractivity contribution in [2.24, 2.45) is 0 Å². The van der Waals surface area contributed by atoms with Gasteiger partial charge in [0.15, 0.2) is 5.78 Å². The van der Waals surface area contributed by atoms with E-state index in [-0.39, 0.29) is 11.1 Å². The molecule has 9 heteroatoms. The number of fused-ring (bicyclic) bond motifs is 1. The minimum absolute atomic E-state index is 0.0974. The predicted octanol–water partition coefficient (Wildman–Crippen LogP) is 4.50. The zero-order chi connectivity index (χ0) is 21.3. The number of ether oxygens (including phenoxy) is 1. The molecule has 0 spiro atoms. The topological polar surface area (TPSA) is 108 Å². The maximum Gasteiger partial charge on any atom is 0.323 e. The second kappa shape index (κ2) is 7.74. The Balaban J connectivity index is 2.17. The van der Waals surface area contributed by atoms with E-state index in [1.54, 1.807) is 30.3 Å². The van der Waals surface area contributed by atoms with Gasteiger partial charge in [0.1, 0.15) is 17.0 Å². The van der Waals surface area contributed by atoms with Crippen molar-refractivity contribution in [3.8, 4) is 6.07 Å². The highest BCUT2D eigenvalue weighted by atomic mass is 35.5. The average Bonchev–Trinajstić information content (AvgIpc) is 3.11. The molecule has 29 heavy (non-hydrogen) atoms. The van der Waals surface area contributed by atoms with Crippen LogP contribution in [0.4, 0.5) is 11.6 Å². The third-order valence-corrected chi connectivity index (χ3v) is 5.44. The Morgan fingerprint density at radius 2 is 1.90 bits per heavy atom. The van der Waals surface area contributed by atoms with Crippen LogP contribution in [-0.4, -0.2) is 28.8 Å². The number of ketones is 1. The molecule has 0 saturated heterocycles. The molecule has 0 aliphatic heterocycles. The fourth-order valence-corrected chi connectivity index (χ4v) is 3.54. The molecule has 0 radical (unpaired) electrons. The Morgan fingerprint density at radius 1 is 1.24 bits per heavy atom. The van der Waals surface area contributed by atoms with E-state index < -0.39 is 17.2 Å². The number of halogens is 2. The molecule has 2 aromatic carbocycles. The maximum absolute atomic E-state index is 12.4. The molecule has 3 aromatic rings. The Bertz CT molecular complexity index is 1160. The molecule has 7 nitrogen and oxygen atoms in total. The first-order valence-electron chi connectivity index (χ1n) is 8.47. The zero-order valence-electron chi connectivity index (χ0n) is 15.8. The number of nitriles is 1. The molecule has 1 unspecified atom stereocenters. The van der Waals surface area contributed by atoms with E-state index in [4.69, 9.17) is 27.9 Å². The highest BCUT2D eigenvalue weighted by molar-refractivity contribution is 6.39. The number of anilines is 2. The molecular formula is C20H16Cl2N4O3. The van der Waals surface area contributed by atoms with Gasteiger partial charge in [-0.2, -0.15) is 5.26 Å². The van der Waals surface area contributed by atoms with Gasteiger partial charge < -0.3 is 15.0 Å². The van der Waals surface area contributed by atoms with Gasteiger partial charge in [0.25, 0.3) is 0 Å². The highest BCUT2D eigenvalue weighted by Crippen LogP contribution is 2.35. The van der Waals surface area contributed by atoms with Crippen molar-refractivity contribution in [1.82, 2.24) is 9.97 Å². The van der Waals surface area contributed by atoms with Gasteiger partial charge in [-0.3, -0.25) is 9.59 Å². The Labute approximate surface area is 176 Å². The van der Waals surface area contributed by atoms with Crippen LogP contribution in [0.5, 0.6) is 0 Å². The number of rotatable bonds is 5. The summed E-state index contributed by atoms with van der Waals surface area (Å²) in [6, 6.07) is 10.3. The van der Waals surface area contributed by atoms with E-state index in [0.717, 1.165) is 0 Å². The quantitative estimate of drug-likeness (QED) is 0.455. The van der Waals surface area contributed by atoms with Gasteiger partial charge in [0.05, 0.1) is 33.9 Å². The number of nitrogens with zero attached hydrogens (tertiary/aromatic N) is 2. The molecule has 0 saturated carbocycles. The number of imidazole rings is 1. The fraction of sp³-hybridized carbons (Fsp3) is 0.200. The van der Waals surface area contributed by atoms with Crippen LogP contribution in [0.1, 0.15) is 25.0 Å². The molecule has 1 atom stereocenters. The number of methoxy groups -OCH3 is 1. The predicted molar refractivity (Wildman–Crippen MR) is 111 cm³/mol. The lowest BCUT2D eigenvalue weighted by molar-refractivity contribution is -0.150. The molecule has 0 bridgehead atoms. The number of aromatic nitrogens is 2. The molecular weight excluding hydrogens is 415 g/mol. The first-order valence-corrected chi connectivity index (χ1v) is 9.23. The number of esters is 1. The van der Waals surface area contributed by atoms with Crippen molar-refractivity contribution in [2.45, 2.75) is 19.3 Å². The van der Waals surface area contributed by atoms with Gasteiger partial charge in [-0.05, 0) is 37.6 Å². The Kier molecular flexibility index (Phi) is 5.51. The Hall–Kier alpha value is -3.08. The number of benzene rings is 2. The molecule has 0 fully saturated rings. The standard InChI is InChI=1S/C20H16Cl2N4O3/c1-10(27)20(2,18(28)29-3)12-7-8-15-16(11(12)9-23)25-19(24-15)26-17-13(21)5-4-6-14(17)22/h4-8H,1-3H3,(H2,24,25,26). The number of Topliss-reactive ketones (excluding diaryl/α,β-unsaturated/α-hetero) is 1. The highest BCUT2D eigenvalue weighted by Gasteiger charge is 2.43. The summed E-state index contributed by atoms with van der Waals surface area (Å²) in [5.74, 6) is -0.902. The van der Waals surface area contributed by atoms with Gasteiger partial charge in [-0.1, -0.05) is 35.3 Å². The lowest BCUT2D eigenvalue weighted by atomic mass is 9.76. The zero-order valence-corrected chi connectivity index (χ0v) is 17.3. The van der Waals surface area contributed by atoms with E-state index in [1.165, 1.54) is 21.0 Å². The minimum Gasteiger partial charge on any atom is -0.468 e. The summed E-state index contributed by atoms with van der Waals surface area (Å²) in [6.07, 6.45) is 0. The van der Waals surface area contributed by atoms with Crippen molar-refractivity contribution in [3.63, 3.8) is 0 Å². The van der Waals surface area contributed by atoms with Crippen LogP contribution in [-0.2, 0) is 19.7 Å². The molecule has 1 heterocycles. The number of para-hydroxylation sites is 1. The summed E-state index contributed by atoms with van der Waals surface area (Å²) in [4.78, 5) is 32.1. The normalized spacial score (nSPS) is 12.8. The van der Waals surface area contributed by atoms with E-state index in [0.29, 0.717) is 32.7 Å². The van der Waals surface area contributed by atoms with Gasteiger partial charge in [0, 0.05) is 0 Å². The molecule has 3 rings (SSSR count). The molecule has 0 amide bonds. The van der Waals surface area contributed by atoms with Crippen LogP contribution in [0, 0.1) is 11.3 Å². The van der Waals surface area contributed by atoms with Gasteiger partial charge >= 0.3 is 5.97 Å². The van der Waals surface area contributed by atoms with E-state index in [9.17, 15) is 14.9 Å². The molecule has 0 aliphatic rings. The fourth-order valence-electron chi connectivity index (χ4n) is 3.05.